The lowest BCUT2D eigenvalue weighted by Crippen LogP contribution is -2.42. The Kier molecular flexibility index (Phi) is 7.55. The molecular weight excluding hydrogens is 344 g/mol. The topological polar surface area (TPSA) is 84.5 Å². The van der Waals surface area contributed by atoms with Gasteiger partial charge in [0.15, 0.2) is 0 Å². The van der Waals surface area contributed by atoms with Gasteiger partial charge in [-0.15, -0.1) is 0 Å². The average Bonchev–Trinajstić information content (AvgIpc) is 2.68. The van der Waals surface area contributed by atoms with Crippen LogP contribution in [0.3, 0.4) is 0 Å². The first-order valence-corrected chi connectivity index (χ1v) is 8.95. The van der Waals surface area contributed by atoms with Crippen LogP contribution in [0, 0.1) is 0 Å². The van der Waals surface area contributed by atoms with Crippen molar-refractivity contribution in [3.63, 3.8) is 0 Å². The molecule has 0 aliphatic carbocycles. The SMILES string of the molecule is CCNC(=O)NC(=O)[C@@H](OC(=O)[C@@H](CC)c1ccccc1)c1ccccc1. The summed E-state index contributed by atoms with van der Waals surface area (Å²) in [6.45, 7) is 4.00. The largest absolute Gasteiger partial charge is 0.447 e. The van der Waals surface area contributed by atoms with Crippen LogP contribution in [0.15, 0.2) is 60.7 Å². The number of imide groups is 1. The van der Waals surface area contributed by atoms with E-state index in [1.807, 2.05) is 37.3 Å². The van der Waals surface area contributed by atoms with Crippen LogP contribution in [0.25, 0.3) is 0 Å². The molecule has 2 aromatic carbocycles. The van der Waals surface area contributed by atoms with Crippen LogP contribution < -0.4 is 10.6 Å². The molecule has 2 rings (SSSR count). The summed E-state index contributed by atoms with van der Waals surface area (Å²) in [5.41, 5.74) is 1.32. The molecule has 0 aliphatic rings. The second-order valence-electron chi connectivity index (χ2n) is 5.95. The van der Waals surface area contributed by atoms with Crippen molar-refractivity contribution in [3.8, 4) is 0 Å². The third-order valence-electron chi connectivity index (χ3n) is 4.04. The molecule has 0 saturated heterocycles. The molecule has 0 spiro atoms. The summed E-state index contributed by atoms with van der Waals surface area (Å²) in [6, 6.07) is 17.3. The normalized spacial score (nSPS) is 12.5. The summed E-state index contributed by atoms with van der Waals surface area (Å²) in [6.07, 6.45) is -0.679. The Balaban J connectivity index is 2.22. The van der Waals surface area contributed by atoms with E-state index in [4.69, 9.17) is 4.74 Å². The quantitative estimate of drug-likeness (QED) is 0.735. The molecule has 6 nitrogen and oxygen atoms in total. The summed E-state index contributed by atoms with van der Waals surface area (Å²) in [5, 5.41) is 4.70. The van der Waals surface area contributed by atoms with Crippen molar-refractivity contribution in [1.29, 1.82) is 0 Å². The van der Waals surface area contributed by atoms with Crippen LogP contribution in [-0.4, -0.2) is 24.5 Å². The lowest BCUT2D eigenvalue weighted by Gasteiger charge is -2.21. The summed E-state index contributed by atoms with van der Waals surface area (Å²) < 4.78 is 5.55. The van der Waals surface area contributed by atoms with Crippen molar-refractivity contribution in [2.75, 3.05) is 6.54 Å². The van der Waals surface area contributed by atoms with E-state index in [9.17, 15) is 14.4 Å². The van der Waals surface area contributed by atoms with Crippen LogP contribution in [0.2, 0.25) is 0 Å². The van der Waals surface area contributed by atoms with E-state index in [0.29, 0.717) is 18.5 Å². The molecule has 0 saturated carbocycles. The number of ether oxygens (including phenoxy) is 1. The molecular formula is C21H24N2O4. The molecule has 142 valence electrons. The monoisotopic (exact) mass is 368 g/mol. The Bertz CT molecular complexity index is 762. The van der Waals surface area contributed by atoms with Gasteiger partial charge < -0.3 is 10.1 Å². The second kappa shape index (κ2) is 10.1. The predicted molar refractivity (Wildman–Crippen MR) is 102 cm³/mol. The van der Waals surface area contributed by atoms with E-state index in [1.165, 1.54) is 0 Å². The maximum Gasteiger partial charge on any atom is 0.321 e. The average molecular weight is 368 g/mol. The molecule has 3 amide bonds. The number of nitrogens with one attached hydrogen (secondary N) is 2. The maximum absolute atomic E-state index is 12.8. The summed E-state index contributed by atoms with van der Waals surface area (Å²) in [7, 11) is 0. The standard InChI is InChI=1S/C21H24N2O4/c1-3-17(15-11-7-5-8-12-15)20(25)27-18(16-13-9-6-10-14-16)19(24)23-21(26)22-4-2/h5-14,17-18H,3-4H2,1-2H3,(H2,22,23,24,26)/t17-,18-/m0/s1. The number of carbonyl (C=O) groups excluding carboxylic acids is 3. The van der Waals surface area contributed by atoms with Gasteiger partial charge in [-0.05, 0) is 18.9 Å². The Morgan fingerprint density at radius 2 is 1.44 bits per heavy atom. The van der Waals surface area contributed by atoms with Crippen LogP contribution in [0.4, 0.5) is 4.79 Å². The molecule has 0 aromatic heterocycles. The fraction of sp³-hybridized carbons (Fsp3) is 0.286. The fourth-order valence-corrected chi connectivity index (χ4v) is 2.71. The highest BCUT2D eigenvalue weighted by Gasteiger charge is 2.30. The number of benzene rings is 2. The zero-order chi connectivity index (χ0) is 19.6. The number of hydrogen-bond donors (Lipinski definition) is 2. The van der Waals surface area contributed by atoms with Crippen molar-refractivity contribution in [3.05, 3.63) is 71.8 Å². The van der Waals surface area contributed by atoms with Gasteiger partial charge in [-0.25, -0.2) is 4.79 Å². The number of urea groups is 1. The van der Waals surface area contributed by atoms with Gasteiger partial charge in [0.05, 0.1) is 5.92 Å². The van der Waals surface area contributed by atoms with Gasteiger partial charge in [-0.1, -0.05) is 67.6 Å². The number of hydrogen-bond acceptors (Lipinski definition) is 4. The molecule has 0 radical (unpaired) electrons. The van der Waals surface area contributed by atoms with E-state index >= 15 is 0 Å². The minimum Gasteiger partial charge on any atom is -0.447 e. The third-order valence-corrected chi connectivity index (χ3v) is 4.04. The lowest BCUT2D eigenvalue weighted by atomic mass is 9.96. The summed E-state index contributed by atoms with van der Waals surface area (Å²) >= 11 is 0. The van der Waals surface area contributed by atoms with Crippen molar-refractivity contribution >= 4 is 17.9 Å². The van der Waals surface area contributed by atoms with Gasteiger partial charge in [-0.2, -0.15) is 0 Å². The van der Waals surface area contributed by atoms with Gasteiger partial charge in [0.25, 0.3) is 5.91 Å². The zero-order valence-electron chi connectivity index (χ0n) is 15.5. The molecule has 0 bridgehead atoms. The first-order valence-electron chi connectivity index (χ1n) is 8.95. The number of carbonyl (C=O) groups is 3. The second-order valence-corrected chi connectivity index (χ2v) is 5.95. The van der Waals surface area contributed by atoms with E-state index in [1.54, 1.807) is 37.3 Å². The molecule has 0 fully saturated rings. The van der Waals surface area contributed by atoms with Crippen molar-refractivity contribution in [1.82, 2.24) is 10.6 Å². The molecule has 2 atom stereocenters. The predicted octanol–water partition coefficient (Wildman–Crippen LogP) is 3.31. The fourth-order valence-electron chi connectivity index (χ4n) is 2.71. The Morgan fingerprint density at radius 1 is 0.889 bits per heavy atom. The smallest absolute Gasteiger partial charge is 0.321 e. The molecule has 0 unspecified atom stereocenters. The number of rotatable bonds is 7. The first-order chi connectivity index (χ1) is 13.1. The number of esters is 1. The molecule has 6 heteroatoms. The van der Waals surface area contributed by atoms with Crippen LogP contribution in [0.5, 0.6) is 0 Å². The van der Waals surface area contributed by atoms with E-state index in [0.717, 1.165) is 5.56 Å². The number of amides is 3. The van der Waals surface area contributed by atoms with Crippen molar-refractivity contribution < 1.29 is 19.1 Å². The Labute approximate surface area is 158 Å². The third kappa shape index (κ3) is 5.67. The summed E-state index contributed by atoms with van der Waals surface area (Å²) in [5.74, 6) is -1.69. The lowest BCUT2D eigenvalue weighted by molar-refractivity contribution is -0.157. The van der Waals surface area contributed by atoms with Crippen molar-refractivity contribution in [2.45, 2.75) is 32.3 Å². The van der Waals surface area contributed by atoms with E-state index in [2.05, 4.69) is 10.6 Å². The molecule has 0 heterocycles. The maximum atomic E-state index is 12.8. The molecule has 27 heavy (non-hydrogen) atoms. The highest BCUT2D eigenvalue weighted by atomic mass is 16.5. The van der Waals surface area contributed by atoms with E-state index in [-0.39, 0.29) is 0 Å². The van der Waals surface area contributed by atoms with Crippen molar-refractivity contribution in [2.24, 2.45) is 0 Å². The highest BCUT2D eigenvalue weighted by molar-refractivity contribution is 5.98. The first kappa shape index (κ1) is 20.2. The minimum atomic E-state index is -1.21. The van der Waals surface area contributed by atoms with Gasteiger partial charge in [-0.3, -0.25) is 14.9 Å². The molecule has 2 N–H and O–H groups in total. The molecule has 2 aromatic rings. The molecule has 0 aliphatic heterocycles. The van der Waals surface area contributed by atoms with Crippen LogP contribution >= 0.6 is 0 Å². The summed E-state index contributed by atoms with van der Waals surface area (Å²) in [4.78, 5) is 37.0. The minimum absolute atomic E-state index is 0.376. The van der Waals surface area contributed by atoms with Crippen LogP contribution in [0.1, 0.15) is 43.4 Å². The Morgan fingerprint density at radius 3 is 1.96 bits per heavy atom. The van der Waals surface area contributed by atoms with Gasteiger partial charge in [0, 0.05) is 12.1 Å². The van der Waals surface area contributed by atoms with E-state index < -0.39 is 29.9 Å². The highest BCUT2D eigenvalue weighted by Crippen LogP contribution is 2.25. The van der Waals surface area contributed by atoms with Crippen LogP contribution in [-0.2, 0) is 14.3 Å². The van der Waals surface area contributed by atoms with Gasteiger partial charge in [0.2, 0.25) is 6.10 Å². The zero-order valence-corrected chi connectivity index (χ0v) is 15.5. The Hall–Kier alpha value is -3.15. The van der Waals surface area contributed by atoms with Gasteiger partial charge >= 0.3 is 12.0 Å². The van der Waals surface area contributed by atoms with Gasteiger partial charge in [0.1, 0.15) is 0 Å².